The van der Waals surface area contributed by atoms with Crippen LogP contribution < -0.4 is 4.74 Å². The van der Waals surface area contributed by atoms with E-state index < -0.39 is 0 Å². The van der Waals surface area contributed by atoms with Gasteiger partial charge in [0.25, 0.3) is 0 Å². The summed E-state index contributed by atoms with van der Waals surface area (Å²) in [5.74, 6) is 0.870. The fourth-order valence-corrected chi connectivity index (χ4v) is 4.93. The maximum atomic E-state index is 13.4. The number of carbonyl (C=O) groups excluding carboxylic acids is 2. The molecule has 3 heterocycles. The van der Waals surface area contributed by atoms with Crippen LogP contribution in [0.15, 0.2) is 58.5 Å². The van der Waals surface area contributed by atoms with Crippen molar-refractivity contribution in [2.24, 2.45) is 0 Å². The molecule has 4 rings (SSSR count). The molecule has 1 unspecified atom stereocenters. The van der Waals surface area contributed by atoms with Crippen LogP contribution in [-0.2, 0) is 27.3 Å². The minimum absolute atomic E-state index is 0.0696. The molecule has 33 heavy (non-hydrogen) atoms. The van der Waals surface area contributed by atoms with Gasteiger partial charge in [-0.15, -0.1) is 11.3 Å². The van der Waals surface area contributed by atoms with Crippen molar-refractivity contribution in [1.82, 2.24) is 9.80 Å². The second-order valence-corrected chi connectivity index (χ2v) is 9.12. The van der Waals surface area contributed by atoms with Gasteiger partial charge in [-0.3, -0.25) is 9.59 Å². The molecule has 1 aliphatic rings. The first-order chi connectivity index (χ1) is 16.0. The molecular weight excluding hydrogens is 464 g/mol. The summed E-state index contributed by atoms with van der Waals surface area (Å²) in [5, 5.41) is 2.67. The zero-order valence-corrected chi connectivity index (χ0v) is 19.8. The van der Waals surface area contributed by atoms with Gasteiger partial charge in [0.05, 0.1) is 18.8 Å². The van der Waals surface area contributed by atoms with Crippen molar-refractivity contribution in [3.05, 3.63) is 75.3 Å². The largest absolute Gasteiger partial charge is 0.491 e. The van der Waals surface area contributed by atoms with Crippen LogP contribution in [0.5, 0.6) is 5.75 Å². The summed E-state index contributed by atoms with van der Waals surface area (Å²) in [6.45, 7) is 0.894. The normalized spacial score (nSPS) is 15.2. The first kappa shape index (κ1) is 23.4. The lowest BCUT2D eigenvalue weighted by atomic mass is 10.0. The number of rotatable bonds is 9. The number of hydrogen-bond donors (Lipinski definition) is 0. The molecule has 1 aromatic carbocycles. The number of ether oxygens (including phenoxy) is 2. The van der Waals surface area contributed by atoms with Gasteiger partial charge in [0.2, 0.25) is 11.8 Å². The van der Waals surface area contributed by atoms with Crippen molar-refractivity contribution in [2.45, 2.75) is 19.0 Å². The summed E-state index contributed by atoms with van der Waals surface area (Å²) < 4.78 is 16.4. The molecule has 7 nitrogen and oxygen atoms in total. The molecule has 9 heteroatoms. The van der Waals surface area contributed by atoms with E-state index in [-0.39, 0.29) is 37.6 Å². The van der Waals surface area contributed by atoms with E-state index in [9.17, 15) is 9.59 Å². The predicted octanol–water partition coefficient (Wildman–Crippen LogP) is 4.17. The minimum atomic E-state index is -0.274. The van der Waals surface area contributed by atoms with Gasteiger partial charge in [-0.25, -0.2) is 0 Å². The summed E-state index contributed by atoms with van der Waals surface area (Å²) in [7, 11) is 1.46. The van der Waals surface area contributed by atoms with Gasteiger partial charge in [-0.05, 0) is 59.8 Å². The van der Waals surface area contributed by atoms with Crippen molar-refractivity contribution >= 4 is 34.8 Å². The maximum absolute atomic E-state index is 13.4. The first-order valence-corrected chi connectivity index (χ1v) is 11.8. The number of halogens is 1. The van der Waals surface area contributed by atoms with Gasteiger partial charge >= 0.3 is 0 Å². The Labute approximate surface area is 201 Å². The van der Waals surface area contributed by atoms with Gasteiger partial charge in [-0.2, -0.15) is 0 Å². The minimum Gasteiger partial charge on any atom is -0.491 e. The first-order valence-electron chi connectivity index (χ1n) is 10.6. The Morgan fingerprint density at radius 2 is 2.06 bits per heavy atom. The predicted molar refractivity (Wildman–Crippen MR) is 125 cm³/mol. The highest BCUT2D eigenvalue weighted by molar-refractivity contribution is 7.10. The van der Waals surface area contributed by atoms with Crippen LogP contribution in [0.2, 0.25) is 5.02 Å². The monoisotopic (exact) mass is 488 g/mol. The Bertz CT molecular complexity index is 1070. The molecule has 1 atom stereocenters. The highest BCUT2D eigenvalue weighted by Crippen LogP contribution is 2.34. The second kappa shape index (κ2) is 10.9. The van der Waals surface area contributed by atoms with Gasteiger partial charge < -0.3 is 23.7 Å². The van der Waals surface area contributed by atoms with Gasteiger partial charge in [-0.1, -0.05) is 11.6 Å². The number of amides is 2. The van der Waals surface area contributed by atoms with Crippen LogP contribution in [0.4, 0.5) is 0 Å². The summed E-state index contributed by atoms with van der Waals surface area (Å²) in [6.07, 6.45) is 2.32. The number of nitrogens with zero attached hydrogens (tertiary/aromatic N) is 2. The van der Waals surface area contributed by atoms with E-state index in [2.05, 4.69) is 0 Å². The van der Waals surface area contributed by atoms with E-state index in [0.717, 1.165) is 12.0 Å². The molecule has 174 valence electrons. The summed E-state index contributed by atoms with van der Waals surface area (Å²) in [5.41, 5.74) is 1.09. The Kier molecular flexibility index (Phi) is 7.69. The van der Waals surface area contributed by atoms with Crippen LogP contribution in [0.3, 0.4) is 0 Å². The second-order valence-electron chi connectivity index (χ2n) is 7.68. The van der Waals surface area contributed by atoms with E-state index in [0.29, 0.717) is 29.7 Å². The van der Waals surface area contributed by atoms with Crippen LogP contribution >= 0.6 is 22.9 Å². The van der Waals surface area contributed by atoms with Crippen LogP contribution in [0, 0.1) is 0 Å². The lowest BCUT2D eigenvalue weighted by molar-refractivity contribution is -0.145. The molecule has 2 amide bonds. The molecule has 3 aromatic rings. The number of hydrogen-bond acceptors (Lipinski definition) is 6. The lowest BCUT2D eigenvalue weighted by Gasteiger charge is -2.37. The van der Waals surface area contributed by atoms with E-state index in [4.69, 9.17) is 25.5 Å². The van der Waals surface area contributed by atoms with Crippen molar-refractivity contribution in [3.63, 3.8) is 0 Å². The average molecular weight is 489 g/mol. The molecule has 2 aromatic heterocycles. The summed E-state index contributed by atoms with van der Waals surface area (Å²) >= 11 is 7.66. The lowest BCUT2D eigenvalue weighted by Crippen LogP contribution is -2.48. The number of benzene rings is 1. The fourth-order valence-electron chi connectivity index (χ4n) is 3.87. The quantitative estimate of drug-likeness (QED) is 0.452. The number of carbonyl (C=O) groups is 2. The van der Waals surface area contributed by atoms with E-state index in [1.54, 1.807) is 58.9 Å². The number of furan rings is 1. The zero-order valence-electron chi connectivity index (χ0n) is 18.2. The number of fused-ring (bicyclic) bond motifs is 1. The Morgan fingerprint density at radius 3 is 2.79 bits per heavy atom. The summed E-state index contributed by atoms with van der Waals surface area (Å²) in [4.78, 5) is 30.6. The van der Waals surface area contributed by atoms with E-state index in [1.165, 1.54) is 16.9 Å². The molecular formula is C24H25ClN2O5S. The molecule has 0 spiro atoms. The maximum Gasteiger partial charge on any atom is 0.249 e. The van der Waals surface area contributed by atoms with Crippen LogP contribution in [0.25, 0.3) is 0 Å². The van der Waals surface area contributed by atoms with Crippen molar-refractivity contribution in [1.29, 1.82) is 0 Å². The third kappa shape index (κ3) is 5.76. The summed E-state index contributed by atoms with van der Waals surface area (Å²) in [6, 6.07) is 12.5. The van der Waals surface area contributed by atoms with Crippen molar-refractivity contribution in [2.75, 3.05) is 33.4 Å². The van der Waals surface area contributed by atoms with E-state index in [1.807, 2.05) is 11.4 Å². The molecule has 0 saturated carbocycles. The van der Waals surface area contributed by atoms with Gasteiger partial charge in [0, 0.05) is 23.6 Å². The van der Waals surface area contributed by atoms with E-state index >= 15 is 0 Å². The van der Waals surface area contributed by atoms with Crippen molar-refractivity contribution in [3.8, 4) is 5.75 Å². The molecule has 0 radical (unpaired) electrons. The van der Waals surface area contributed by atoms with Crippen LogP contribution in [0.1, 0.15) is 22.2 Å². The third-order valence-electron chi connectivity index (χ3n) is 5.51. The third-order valence-corrected chi connectivity index (χ3v) is 6.76. The van der Waals surface area contributed by atoms with Gasteiger partial charge in [0.1, 0.15) is 31.3 Å². The smallest absolute Gasteiger partial charge is 0.249 e. The molecule has 1 aliphatic heterocycles. The van der Waals surface area contributed by atoms with Crippen molar-refractivity contribution < 1.29 is 23.5 Å². The number of methoxy groups -OCH3 is 1. The highest BCUT2D eigenvalue weighted by atomic mass is 35.5. The molecule has 0 N–H and O–H groups in total. The Hall–Kier alpha value is -2.81. The Balaban J connectivity index is 1.50. The SMILES string of the molecule is COCC(=O)N(CC(=O)N1CCc2sccc2C1COc1ccc(Cl)cc1)Cc1ccco1. The zero-order chi connectivity index (χ0) is 23.2. The Morgan fingerprint density at radius 1 is 1.24 bits per heavy atom. The fraction of sp³-hybridized carbons (Fsp3) is 0.333. The highest BCUT2D eigenvalue weighted by Gasteiger charge is 2.33. The average Bonchev–Trinajstić information content (AvgIpc) is 3.50. The molecule has 0 fully saturated rings. The molecule has 0 aliphatic carbocycles. The standard InChI is InChI=1S/C24H25ClN2O5S/c1-30-16-24(29)26(13-19-3-2-11-31-19)14-23(28)27-10-8-22-20(9-12-33-22)21(27)15-32-18-6-4-17(25)5-7-18/h2-7,9,11-12,21H,8,10,13-16H2,1H3. The molecule has 0 saturated heterocycles. The van der Waals surface area contributed by atoms with Crippen LogP contribution in [-0.4, -0.2) is 55.0 Å². The van der Waals surface area contributed by atoms with Gasteiger partial charge in [0.15, 0.2) is 0 Å². The molecule has 0 bridgehead atoms. The number of thiophene rings is 1. The topological polar surface area (TPSA) is 72.2 Å².